The number of benzene rings is 1. The third kappa shape index (κ3) is 5.51. The molecule has 1 aromatic carbocycles. The largest absolute Gasteiger partial charge is 0.514 e. The minimum Gasteiger partial charge on any atom is -0.481 e. The van der Waals surface area contributed by atoms with Crippen LogP contribution < -0.4 is 10.2 Å². The number of carbonyl (C=O) groups excluding carboxylic acids is 1. The molecule has 0 aliphatic rings. The number of amides is 1. The van der Waals surface area contributed by atoms with E-state index >= 15 is 0 Å². The Labute approximate surface area is 161 Å². The Kier molecular flexibility index (Phi) is 6.66. The van der Waals surface area contributed by atoms with E-state index in [1.807, 2.05) is 0 Å². The molecule has 1 N–H and O–H groups in total. The molecule has 0 unspecified atom stereocenters. The van der Waals surface area contributed by atoms with Crippen LogP contribution in [0.1, 0.15) is 6.92 Å². The van der Waals surface area contributed by atoms with Gasteiger partial charge in [0.15, 0.2) is 12.4 Å². The molecule has 0 atom stereocenters. The predicted molar refractivity (Wildman–Crippen MR) is 92.7 cm³/mol. The van der Waals surface area contributed by atoms with Crippen molar-refractivity contribution in [3.63, 3.8) is 0 Å². The summed E-state index contributed by atoms with van der Waals surface area (Å²) in [6.07, 6.45) is 0. The van der Waals surface area contributed by atoms with Crippen molar-refractivity contribution < 1.29 is 14.5 Å². The van der Waals surface area contributed by atoms with E-state index in [1.165, 1.54) is 12.1 Å². The van der Waals surface area contributed by atoms with Crippen LogP contribution in [0.15, 0.2) is 17.2 Å². The van der Waals surface area contributed by atoms with Crippen LogP contribution in [-0.2, 0) is 11.3 Å². The molecule has 2 aromatic rings. The Hall–Kier alpha value is -2.50. The lowest BCUT2D eigenvalue weighted by atomic mass is 10.3. The van der Waals surface area contributed by atoms with Gasteiger partial charge in [-0.3, -0.25) is 4.79 Å². The third-order valence-electron chi connectivity index (χ3n) is 2.66. The maximum atomic E-state index is 11.8. The summed E-state index contributed by atoms with van der Waals surface area (Å²) in [5.74, 6) is -1.09. The zero-order valence-corrected chi connectivity index (χ0v) is 15.3. The van der Waals surface area contributed by atoms with Gasteiger partial charge in [0, 0.05) is 10.2 Å². The predicted octanol–water partition coefficient (Wildman–Crippen LogP) is 2.11. The maximum Gasteiger partial charge on any atom is 0.514 e. The standard InChI is InChI=1S/C12H10Cl3N7O4/c1-6(4-21-19-12(18-20-21)22(24)25)16-17-10(23)5-26-11-8(14)2-7(13)3-9(11)15/h2-3H,4-5H2,1H3,(H,17,23)/b16-6-. The maximum absolute atomic E-state index is 11.8. The van der Waals surface area contributed by atoms with E-state index < -0.39 is 23.4 Å². The van der Waals surface area contributed by atoms with Gasteiger partial charge in [0.25, 0.3) is 5.91 Å². The van der Waals surface area contributed by atoms with Crippen LogP contribution in [0, 0.1) is 10.1 Å². The number of nitro groups is 1. The number of halogens is 3. The highest BCUT2D eigenvalue weighted by molar-refractivity contribution is 6.40. The van der Waals surface area contributed by atoms with E-state index in [9.17, 15) is 14.9 Å². The number of nitrogens with zero attached hydrogens (tertiary/aromatic N) is 6. The topological polar surface area (TPSA) is 137 Å². The van der Waals surface area contributed by atoms with Gasteiger partial charge in [0.2, 0.25) is 0 Å². The minimum atomic E-state index is -0.776. The van der Waals surface area contributed by atoms with Gasteiger partial charge in [-0.25, -0.2) is 5.43 Å². The highest BCUT2D eigenvalue weighted by Gasteiger charge is 2.16. The highest BCUT2D eigenvalue weighted by Crippen LogP contribution is 2.35. The monoisotopic (exact) mass is 421 g/mol. The van der Waals surface area contributed by atoms with Crippen LogP contribution in [0.5, 0.6) is 5.75 Å². The Morgan fingerprint density at radius 3 is 2.62 bits per heavy atom. The molecule has 0 aliphatic carbocycles. The Morgan fingerprint density at radius 2 is 2.04 bits per heavy atom. The number of nitrogens with one attached hydrogen (secondary N) is 1. The summed E-state index contributed by atoms with van der Waals surface area (Å²) in [6, 6.07) is 2.85. The number of hydrogen-bond donors (Lipinski definition) is 1. The average molecular weight is 423 g/mol. The van der Waals surface area contributed by atoms with Gasteiger partial charge in [-0.1, -0.05) is 39.6 Å². The average Bonchev–Trinajstić information content (AvgIpc) is 3.00. The molecule has 26 heavy (non-hydrogen) atoms. The lowest BCUT2D eigenvalue weighted by Gasteiger charge is -2.09. The number of carbonyl (C=O) groups is 1. The molecule has 138 valence electrons. The van der Waals surface area contributed by atoms with Crippen LogP contribution in [0.25, 0.3) is 0 Å². The summed E-state index contributed by atoms with van der Waals surface area (Å²) in [7, 11) is 0. The number of tetrazole rings is 1. The van der Waals surface area contributed by atoms with E-state index in [0.717, 1.165) is 4.80 Å². The van der Waals surface area contributed by atoms with Gasteiger partial charge in [0.1, 0.15) is 6.54 Å². The second kappa shape index (κ2) is 8.74. The summed E-state index contributed by atoms with van der Waals surface area (Å²) in [5, 5.41) is 25.2. The minimum absolute atomic E-state index is 0.00316. The van der Waals surface area contributed by atoms with Crippen molar-refractivity contribution in [1.82, 2.24) is 25.6 Å². The number of ether oxygens (including phenoxy) is 1. The van der Waals surface area contributed by atoms with Gasteiger partial charge in [-0.2, -0.15) is 5.10 Å². The Morgan fingerprint density at radius 1 is 1.38 bits per heavy atom. The first kappa shape index (κ1) is 19.8. The summed E-state index contributed by atoms with van der Waals surface area (Å²) in [4.78, 5) is 22.4. The number of hydrogen-bond acceptors (Lipinski definition) is 8. The fourth-order valence-corrected chi connectivity index (χ4v) is 2.54. The van der Waals surface area contributed by atoms with E-state index in [2.05, 4.69) is 25.9 Å². The summed E-state index contributed by atoms with van der Waals surface area (Å²) in [6.45, 7) is 1.16. The third-order valence-corrected chi connectivity index (χ3v) is 3.44. The zero-order valence-electron chi connectivity index (χ0n) is 13.0. The van der Waals surface area contributed by atoms with E-state index in [-0.39, 0.29) is 22.3 Å². The second-order valence-electron chi connectivity index (χ2n) is 4.75. The molecule has 0 aliphatic heterocycles. The van der Waals surface area contributed by atoms with Crippen LogP contribution in [0.3, 0.4) is 0 Å². The van der Waals surface area contributed by atoms with Crippen molar-refractivity contribution in [2.24, 2.45) is 5.10 Å². The van der Waals surface area contributed by atoms with E-state index in [4.69, 9.17) is 39.5 Å². The molecule has 0 spiro atoms. The molecule has 11 nitrogen and oxygen atoms in total. The van der Waals surface area contributed by atoms with Crippen molar-refractivity contribution >= 4 is 52.4 Å². The molecule has 0 radical (unpaired) electrons. The smallest absolute Gasteiger partial charge is 0.481 e. The number of rotatable bonds is 7. The number of aromatic nitrogens is 4. The fourth-order valence-electron chi connectivity index (χ4n) is 1.61. The normalized spacial score (nSPS) is 11.3. The highest BCUT2D eigenvalue weighted by atomic mass is 35.5. The molecule has 14 heteroatoms. The van der Waals surface area contributed by atoms with Crippen molar-refractivity contribution in [2.45, 2.75) is 13.5 Å². The molecule has 1 heterocycles. The summed E-state index contributed by atoms with van der Waals surface area (Å²) >= 11 is 17.7. The van der Waals surface area contributed by atoms with Gasteiger partial charge < -0.3 is 14.9 Å². The summed E-state index contributed by atoms with van der Waals surface area (Å²) in [5.41, 5.74) is 2.61. The molecule has 0 saturated heterocycles. The number of hydrazone groups is 1. The van der Waals surface area contributed by atoms with E-state index in [1.54, 1.807) is 6.92 Å². The van der Waals surface area contributed by atoms with Crippen LogP contribution in [0.2, 0.25) is 15.1 Å². The molecule has 0 saturated carbocycles. The van der Waals surface area contributed by atoms with Gasteiger partial charge >= 0.3 is 5.95 Å². The molecular formula is C12H10Cl3N7O4. The first-order valence-corrected chi connectivity index (χ1v) is 7.91. The van der Waals surface area contributed by atoms with Crippen LogP contribution in [0.4, 0.5) is 5.95 Å². The lowest BCUT2D eigenvalue weighted by molar-refractivity contribution is -0.394. The Bertz CT molecular complexity index is 847. The second-order valence-corrected chi connectivity index (χ2v) is 6.00. The SMILES string of the molecule is C/C(Cn1nnc([N+](=O)[O-])n1)=N/NC(=O)COc1c(Cl)cc(Cl)cc1Cl. The van der Waals surface area contributed by atoms with Crippen molar-refractivity contribution in [3.8, 4) is 5.75 Å². The van der Waals surface area contributed by atoms with Crippen molar-refractivity contribution in [3.05, 3.63) is 37.3 Å². The molecular weight excluding hydrogens is 413 g/mol. The molecule has 1 aromatic heterocycles. The molecule has 2 rings (SSSR count). The quantitative estimate of drug-likeness (QED) is 0.409. The molecule has 0 bridgehead atoms. The summed E-state index contributed by atoms with van der Waals surface area (Å²) < 4.78 is 5.25. The fraction of sp³-hybridized carbons (Fsp3) is 0.250. The van der Waals surface area contributed by atoms with Crippen LogP contribution in [-0.4, -0.2) is 43.4 Å². The van der Waals surface area contributed by atoms with Crippen molar-refractivity contribution in [1.29, 1.82) is 0 Å². The first-order chi connectivity index (χ1) is 12.3. The first-order valence-electron chi connectivity index (χ1n) is 6.78. The van der Waals surface area contributed by atoms with Crippen LogP contribution >= 0.6 is 34.8 Å². The van der Waals surface area contributed by atoms with Crippen molar-refractivity contribution in [2.75, 3.05) is 6.61 Å². The zero-order chi connectivity index (χ0) is 19.3. The molecule has 1 amide bonds. The van der Waals surface area contributed by atoms with Gasteiger partial charge in [-0.05, 0) is 24.0 Å². The van der Waals surface area contributed by atoms with Gasteiger partial charge in [-0.15, -0.1) is 0 Å². The lowest BCUT2D eigenvalue weighted by Crippen LogP contribution is -2.26. The van der Waals surface area contributed by atoms with Gasteiger partial charge in [0.05, 0.1) is 26.0 Å². The van der Waals surface area contributed by atoms with E-state index in [0.29, 0.717) is 10.7 Å². The Balaban J connectivity index is 1.87. The molecule has 0 fully saturated rings.